The van der Waals surface area contributed by atoms with E-state index in [1.165, 1.54) is 30.5 Å². The summed E-state index contributed by atoms with van der Waals surface area (Å²) in [6, 6.07) is 7.36. The molecule has 3 heterocycles. The molecule has 5 rings (SSSR count). The van der Waals surface area contributed by atoms with Crippen molar-refractivity contribution in [1.29, 1.82) is 0 Å². The van der Waals surface area contributed by atoms with Gasteiger partial charge in [0.15, 0.2) is 11.5 Å². The molecule has 0 spiro atoms. The summed E-state index contributed by atoms with van der Waals surface area (Å²) in [5.74, 6) is -2.50. The topological polar surface area (TPSA) is 137 Å². The molecule has 1 aromatic carbocycles. The van der Waals surface area contributed by atoms with Gasteiger partial charge in [-0.1, -0.05) is 17.7 Å². The maximum atomic E-state index is 13.6. The van der Waals surface area contributed by atoms with Crippen LogP contribution in [0.5, 0.6) is 0 Å². The second-order valence-electron chi connectivity index (χ2n) is 8.88. The third kappa shape index (κ3) is 5.61. The molecule has 1 aliphatic carbocycles. The summed E-state index contributed by atoms with van der Waals surface area (Å²) < 4.78 is 39.9. The Bertz CT molecular complexity index is 1670. The minimum Gasteiger partial charge on any atom is -0.349 e. The zero-order chi connectivity index (χ0) is 28.6. The Morgan fingerprint density at radius 3 is 2.62 bits per heavy atom. The number of alkyl halides is 3. The van der Waals surface area contributed by atoms with Crippen LogP contribution in [0.15, 0.2) is 36.5 Å². The highest BCUT2D eigenvalue weighted by Crippen LogP contribution is 2.30. The number of carbonyl (C=O) groups excluding carboxylic acids is 2. The number of benzene rings is 1. The van der Waals surface area contributed by atoms with E-state index >= 15 is 0 Å². The Balaban J connectivity index is 1.52. The predicted molar refractivity (Wildman–Crippen MR) is 134 cm³/mol. The zero-order valence-electron chi connectivity index (χ0n) is 20.6. The molecule has 0 unspecified atom stereocenters. The molecule has 0 radical (unpaired) electrons. The number of anilines is 1. The molecule has 12 nitrogen and oxygen atoms in total. The van der Waals surface area contributed by atoms with Gasteiger partial charge in [-0.15, -0.1) is 10.2 Å². The Morgan fingerprint density at radius 1 is 1.20 bits per heavy atom. The lowest BCUT2D eigenvalue weighted by Gasteiger charge is -2.15. The van der Waals surface area contributed by atoms with Gasteiger partial charge in [0.25, 0.3) is 17.6 Å². The first-order chi connectivity index (χ1) is 19.0. The van der Waals surface area contributed by atoms with Crippen LogP contribution >= 0.6 is 11.6 Å². The van der Waals surface area contributed by atoms with Gasteiger partial charge in [-0.3, -0.25) is 9.59 Å². The van der Waals surface area contributed by atoms with Crippen molar-refractivity contribution < 1.29 is 22.8 Å². The van der Waals surface area contributed by atoms with Crippen molar-refractivity contribution in [3.05, 3.63) is 81.3 Å². The molecule has 2 amide bonds. The Hall–Kier alpha value is -4.84. The van der Waals surface area contributed by atoms with Crippen molar-refractivity contribution in [3.8, 4) is 5.82 Å². The first-order valence-electron chi connectivity index (χ1n) is 11.7. The number of hydrogen-bond donors (Lipinski definition) is 2. The average molecular weight is 571 g/mol. The fraction of sp³-hybridized carbons (Fsp3) is 0.250. The lowest BCUT2D eigenvalue weighted by molar-refractivity contribution is -0.145. The van der Waals surface area contributed by atoms with E-state index < -0.39 is 23.8 Å². The van der Waals surface area contributed by atoms with E-state index in [0.29, 0.717) is 10.4 Å². The molecule has 2 N–H and O–H groups in total. The van der Waals surface area contributed by atoms with Gasteiger partial charge in [-0.05, 0) is 54.8 Å². The van der Waals surface area contributed by atoms with E-state index in [1.54, 1.807) is 13.0 Å². The number of amides is 2. The van der Waals surface area contributed by atoms with Crippen LogP contribution < -0.4 is 10.6 Å². The van der Waals surface area contributed by atoms with Crippen LogP contribution in [0.4, 0.5) is 24.5 Å². The molecule has 0 bridgehead atoms. The summed E-state index contributed by atoms with van der Waals surface area (Å²) in [5, 5.41) is 19.7. The van der Waals surface area contributed by atoms with Gasteiger partial charge in [-0.2, -0.15) is 23.1 Å². The Kier molecular flexibility index (Phi) is 6.94. The van der Waals surface area contributed by atoms with E-state index in [0.717, 1.165) is 17.5 Å². The molecule has 1 saturated carbocycles. The summed E-state index contributed by atoms with van der Waals surface area (Å²) >= 11 is 6.30. The minimum absolute atomic E-state index is 0.0338. The third-order valence-electron chi connectivity index (χ3n) is 5.79. The van der Waals surface area contributed by atoms with Gasteiger partial charge >= 0.3 is 6.18 Å². The van der Waals surface area contributed by atoms with E-state index in [1.807, 2.05) is 0 Å². The molecule has 0 atom stereocenters. The molecule has 0 aliphatic heterocycles. The molecule has 3 aromatic heterocycles. The van der Waals surface area contributed by atoms with E-state index in [4.69, 9.17) is 18.2 Å². The average Bonchev–Trinajstić information content (AvgIpc) is 3.41. The van der Waals surface area contributed by atoms with Crippen LogP contribution in [0.1, 0.15) is 50.8 Å². The number of pyridine rings is 1. The molecular weight excluding hydrogens is 553 g/mol. The number of nitrogens with one attached hydrogen (secondary N) is 2. The van der Waals surface area contributed by atoms with Gasteiger partial charge in [0.1, 0.15) is 12.2 Å². The van der Waals surface area contributed by atoms with Crippen molar-refractivity contribution in [3.63, 3.8) is 0 Å². The van der Waals surface area contributed by atoms with E-state index in [2.05, 4.69) is 41.0 Å². The second kappa shape index (κ2) is 10.4. The Labute approximate surface area is 229 Å². The number of nitrogens with zero attached hydrogens (tertiary/aromatic N) is 8. The van der Waals surface area contributed by atoms with Gasteiger partial charge in [0.2, 0.25) is 0 Å². The SMILES string of the molecule is [C-]#[N+]c1cc(C)c(NC(=O)c2cc(Cn3nnc(C(F)(F)F)n3)nn2-c2ncccc2Cl)c(C(=O)NC2CC2)c1. The van der Waals surface area contributed by atoms with Crippen molar-refractivity contribution in [2.24, 2.45) is 0 Å². The standard InChI is InChI=1S/C24H18ClF3N10O2/c1-12-8-14(29-2)9-16(21(39)31-13-5-6-13)19(12)32-22(40)18-10-15(11-37-35-23(33-36-37)24(26,27)28)34-38(18)20-17(25)4-3-7-30-20/h3-4,7-10,13H,5-6,11H2,1H3,(H,31,39)(H,32,40). The van der Waals surface area contributed by atoms with Crippen LogP contribution in [0.25, 0.3) is 10.7 Å². The quantitative estimate of drug-likeness (QED) is 0.321. The summed E-state index contributed by atoms with van der Waals surface area (Å²) in [4.78, 5) is 34.8. The summed E-state index contributed by atoms with van der Waals surface area (Å²) in [6.45, 7) is 8.64. The maximum Gasteiger partial charge on any atom is 0.455 e. The van der Waals surface area contributed by atoms with Gasteiger partial charge in [-0.25, -0.2) is 14.5 Å². The number of halogens is 4. The zero-order valence-corrected chi connectivity index (χ0v) is 21.3. The number of tetrazole rings is 1. The number of carbonyl (C=O) groups is 2. The number of aryl methyl sites for hydroxylation is 1. The Morgan fingerprint density at radius 2 is 1.98 bits per heavy atom. The van der Waals surface area contributed by atoms with Crippen molar-refractivity contribution >= 4 is 34.8 Å². The molecule has 16 heteroatoms. The van der Waals surface area contributed by atoms with Crippen LogP contribution in [0, 0.1) is 13.5 Å². The maximum absolute atomic E-state index is 13.6. The molecule has 1 aliphatic rings. The molecule has 40 heavy (non-hydrogen) atoms. The van der Waals surface area contributed by atoms with E-state index in [9.17, 15) is 22.8 Å². The molecule has 0 saturated heterocycles. The first kappa shape index (κ1) is 26.8. The lowest BCUT2D eigenvalue weighted by Crippen LogP contribution is -2.27. The number of rotatable bonds is 7. The van der Waals surface area contributed by atoms with E-state index in [-0.39, 0.29) is 51.8 Å². The number of hydrogen-bond acceptors (Lipinski definition) is 7. The van der Waals surface area contributed by atoms with Gasteiger partial charge in [0.05, 0.1) is 28.5 Å². The van der Waals surface area contributed by atoms with Crippen molar-refractivity contribution in [2.45, 2.75) is 38.5 Å². The second-order valence-corrected chi connectivity index (χ2v) is 9.29. The summed E-state index contributed by atoms with van der Waals surface area (Å²) in [6.07, 6.45) is -1.68. The third-order valence-corrected chi connectivity index (χ3v) is 6.08. The molecule has 1 fully saturated rings. The normalized spacial score (nSPS) is 13.1. The van der Waals surface area contributed by atoms with Gasteiger partial charge < -0.3 is 10.6 Å². The summed E-state index contributed by atoms with van der Waals surface area (Å²) in [5.41, 5.74) is 1.00. The van der Waals surface area contributed by atoms with Gasteiger partial charge in [0, 0.05) is 12.2 Å². The summed E-state index contributed by atoms with van der Waals surface area (Å²) in [7, 11) is 0. The molecular formula is C24H18ClF3N10O2. The van der Waals surface area contributed by atoms with Crippen LogP contribution in [0.2, 0.25) is 5.02 Å². The lowest BCUT2D eigenvalue weighted by atomic mass is 10.1. The fourth-order valence-electron chi connectivity index (χ4n) is 3.78. The monoisotopic (exact) mass is 570 g/mol. The molecule has 4 aromatic rings. The highest BCUT2D eigenvalue weighted by atomic mass is 35.5. The van der Waals surface area contributed by atoms with Crippen molar-refractivity contribution in [2.75, 3.05) is 5.32 Å². The predicted octanol–water partition coefficient (Wildman–Crippen LogP) is 3.98. The fourth-order valence-corrected chi connectivity index (χ4v) is 3.98. The highest BCUT2D eigenvalue weighted by Gasteiger charge is 2.37. The molecule has 204 valence electrons. The smallest absolute Gasteiger partial charge is 0.349 e. The van der Waals surface area contributed by atoms with Crippen LogP contribution in [-0.2, 0) is 12.7 Å². The first-order valence-corrected chi connectivity index (χ1v) is 12.1. The van der Waals surface area contributed by atoms with Crippen LogP contribution in [0.3, 0.4) is 0 Å². The minimum atomic E-state index is -4.78. The number of aromatic nitrogens is 7. The largest absolute Gasteiger partial charge is 0.455 e. The van der Waals surface area contributed by atoms with Crippen molar-refractivity contribution in [1.82, 2.24) is 40.3 Å². The highest BCUT2D eigenvalue weighted by molar-refractivity contribution is 6.32. The van der Waals surface area contributed by atoms with Crippen LogP contribution in [-0.4, -0.2) is 52.8 Å².